The summed E-state index contributed by atoms with van der Waals surface area (Å²) >= 11 is 0. The SMILES string of the molecule is Oc1c(F)cc([C@@H](O)CN2C[C@H]3CC(Oc4ccccc4)C[C@H]3C2)cc1F. The molecule has 1 heterocycles. The van der Waals surface area contributed by atoms with E-state index in [1.54, 1.807) is 0 Å². The number of aliphatic hydroxyl groups excluding tert-OH is 1. The van der Waals surface area contributed by atoms with Crippen LogP contribution in [0.2, 0.25) is 0 Å². The Morgan fingerprint density at radius 1 is 1.04 bits per heavy atom. The van der Waals surface area contributed by atoms with E-state index in [-0.39, 0.29) is 11.7 Å². The molecule has 0 radical (unpaired) electrons. The second kappa shape index (κ2) is 7.44. The van der Waals surface area contributed by atoms with Crippen LogP contribution in [0.25, 0.3) is 0 Å². The Morgan fingerprint density at radius 3 is 2.22 bits per heavy atom. The molecule has 2 fully saturated rings. The highest BCUT2D eigenvalue weighted by molar-refractivity contribution is 5.31. The molecular formula is C21H23F2NO3. The lowest BCUT2D eigenvalue weighted by Crippen LogP contribution is -2.29. The lowest BCUT2D eigenvalue weighted by atomic mass is 10.0. The molecule has 4 nitrogen and oxygen atoms in total. The molecule has 1 aliphatic heterocycles. The molecule has 2 aliphatic rings. The number of hydrogen-bond acceptors (Lipinski definition) is 4. The fraction of sp³-hybridized carbons (Fsp3) is 0.429. The number of nitrogens with zero attached hydrogens (tertiary/aromatic N) is 1. The Balaban J connectivity index is 1.31. The Morgan fingerprint density at radius 2 is 1.63 bits per heavy atom. The highest BCUT2D eigenvalue weighted by Crippen LogP contribution is 2.40. The maximum absolute atomic E-state index is 13.5. The van der Waals surface area contributed by atoms with Crippen molar-refractivity contribution in [3.63, 3.8) is 0 Å². The first-order chi connectivity index (χ1) is 13.0. The van der Waals surface area contributed by atoms with E-state index in [1.807, 2.05) is 30.3 Å². The first-order valence-electron chi connectivity index (χ1n) is 9.29. The number of benzene rings is 2. The van der Waals surface area contributed by atoms with Gasteiger partial charge in [-0.1, -0.05) is 18.2 Å². The van der Waals surface area contributed by atoms with E-state index < -0.39 is 23.5 Å². The van der Waals surface area contributed by atoms with Gasteiger partial charge in [-0.2, -0.15) is 0 Å². The molecule has 0 amide bonds. The number of β-amino-alcohol motifs (C(OH)–C–C–N with tert-alkyl or cyclic N) is 1. The molecule has 6 heteroatoms. The third-order valence-electron chi connectivity index (χ3n) is 5.68. The van der Waals surface area contributed by atoms with Crippen molar-refractivity contribution in [3.8, 4) is 11.5 Å². The quantitative estimate of drug-likeness (QED) is 0.840. The minimum Gasteiger partial charge on any atom is -0.503 e. The molecule has 1 saturated heterocycles. The summed E-state index contributed by atoms with van der Waals surface area (Å²) < 4.78 is 33.1. The molecule has 144 valence electrons. The van der Waals surface area contributed by atoms with E-state index in [9.17, 15) is 19.0 Å². The monoisotopic (exact) mass is 375 g/mol. The highest BCUT2D eigenvalue weighted by Gasteiger charge is 2.42. The second-order valence-corrected chi connectivity index (χ2v) is 7.61. The number of para-hydroxylation sites is 1. The van der Waals surface area contributed by atoms with Crippen LogP contribution < -0.4 is 4.74 Å². The van der Waals surface area contributed by atoms with Crippen LogP contribution in [0.1, 0.15) is 24.5 Å². The number of likely N-dealkylation sites (tertiary alicyclic amines) is 1. The summed E-state index contributed by atoms with van der Waals surface area (Å²) in [5, 5.41) is 19.5. The van der Waals surface area contributed by atoms with Crippen LogP contribution in [-0.4, -0.2) is 40.9 Å². The van der Waals surface area contributed by atoms with E-state index in [0.29, 0.717) is 18.4 Å². The molecule has 1 aliphatic carbocycles. The number of phenols is 1. The predicted molar refractivity (Wildman–Crippen MR) is 96.5 cm³/mol. The number of halogens is 2. The van der Waals surface area contributed by atoms with Gasteiger partial charge in [-0.3, -0.25) is 4.90 Å². The van der Waals surface area contributed by atoms with Gasteiger partial charge in [0.1, 0.15) is 5.75 Å². The van der Waals surface area contributed by atoms with E-state index in [0.717, 1.165) is 43.8 Å². The molecule has 1 saturated carbocycles. The minimum atomic E-state index is -1.05. The molecule has 1 unspecified atom stereocenters. The van der Waals surface area contributed by atoms with Gasteiger partial charge >= 0.3 is 0 Å². The number of phenolic OH excluding ortho intramolecular Hbond substituents is 1. The van der Waals surface area contributed by atoms with Gasteiger partial charge in [0.15, 0.2) is 17.4 Å². The standard InChI is InChI=1S/C21H23F2NO3/c22-18-8-13(9-19(23)21(18)26)20(25)12-24-10-14-6-17(7-15(14)11-24)27-16-4-2-1-3-5-16/h1-5,8-9,14-15,17,20,25-26H,6-7,10-12H2/t14-,15+,17?,20-/m0/s1. The van der Waals surface area contributed by atoms with E-state index in [1.165, 1.54) is 0 Å². The zero-order valence-corrected chi connectivity index (χ0v) is 14.9. The van der Waals surface area contributed by atoms with Gasteiger partial charge in [-0.25, -0.2) is 8.78 Å². The van der Waals surface area contributed by atoms with Crippen molar-refractivity contribution in [1.29, 1.82) is 0 Å². The third kappa shape index (κ3) is 3.92. The van der Waals surface area contributed by atoms with Gasteiger partial charge < -0.3 is 14.9 Å². The van der Waals surface area contributed by atoms with Crippen molar-refractivity contribution in [3.05, 3.63) is 59.7 Å². The minimum absolute atomic E-state index is 0.144. The average Bonchev–Trinajstić information content (AvgIpc) is 3.17. The van der Waals surface area contributed by atoms with E-state index in [2.05, 4.69) is 4.90 Å². The summed E-state index contributed by atoms with van der Waals surface area (Å²) in [6.07, 6.45) is 1.18. The second-order valence-electron chi connectivity index (χ2n) is 7.61. The van der Waals surface area contributed by atoms with Crippen LogP contribution in [0.3, 0.4) is 0 Å². The Labute approximate surface area is 157 Å². The lowest BCUT2D eigenvalue weighted by Gasteiger charge is -2.22. The molecule has 0 aromatic heterocycles. The molecule has 4 atom stereocenters. The van der Waals surface area contributed by atoms with Crippen molar-refractivity contribution in [1.82, 2.24) is 4.90 Å². The largest absolute Gasteiger partial charge is 0.503 e. The van der Waals surface area contributed by atoms with E-state index >= 15 is 0 Å². The average molecular weight is 375 g/mol. The first-order valence-corrected chi connectivity index (χ1v) is 9.29. The fourth-order valence-corrected chi connectivity index (χ4v) is 4.41. The number of ether oxygens (including phenoxy) is 1. The summed E-state index contributed by atoms with van der Waals surface area (Å²) in [6, 6.07) is 11.8. The van der Waals surface area contributed by atoms with Crippen LogP contribution in [0.4, 0.5) is 8.78 Å². The van der Waals surface area contributed by atoms with Crippen molar-refractivity contribution in [2.45, 2.75) is 25.0 Å². The van der Waals surface area contributed by atoms with Gasteiger partial charge in [0.05, 0.1) is 12.2 Å². The maximum Gasteiger partial charge on any atom is 0.187 e. The number of rotatable bonds is 5. The molecule has 0 spiro atoms. The molecule has 4 rings (SSSR count). The molecule has 0 bridgehead atoms. The van der Waals surface area contributed by atoms with Crippen LogP contribution in [-0.2, 0) is 0 Å². The van der Waals surface area contributed by atoms with Gasteiger partial charge in [-0.15, -0.1) is 0 Å². The molecule has 2 aromatic rings. The number of fused-ring (bicyclic) bond motifs is 1. The van der Waals surface area contributed by atoms with Crippen LogP contribution >= 0.6 is 0 Å². The topological polar surface area (TPSA) is 52.9 Å². The summed E-state index contributed by atoms with van der Waals surface area (Å²) in [5.74, 6) is -1.19. The molecule has 27 heavy (non-hydrogen) atoms. The molecular weight excluding hydrogens is 352 g/mol. The summed E-state index contributed by atoms with van der Waals surface area (Å²) in [5.41, 5.74) is 0.144. The van der Waals surface area contributed by atoms with Crippen LogP contribution in [0.15, 0.2) is 42.5 Å². The normalized spacial score (nSPS) is 26.1. The Bertz CT molecular complexity index is 764. The highest BCUT2D eigenvalue weighted by atomic mass is 19.1. The summed E-state index contributed by atoms with van der Waals surface area (Å²) in [7, 11) is 0. The Kier molecular flexibility index (Phi) is 5.02. The van der Waals surface area contributed by atoms with Gasteiger partial charge in [-0.05, 0) is 54.5 Å². The van der Waals surface area contributed by atoms with Crippen molar-refractivity contribution in [2.75, 3.05) is 19.6 Å². The van der Waals surface area contributed by atoms with Crippen LogP contribution in [0, 0.1) is 23.5 Å². The third-order valence-corrected chi connectivity index (χ3v) is 5.68. The smallest absolute Gasteiger partial charge is 0.187 e. The van der Waals surface area contributed by atoms with Gasteiger partial charge in [0, 0.05) is 19.6 Å². The molecule has 2 N–H and O–H groups in total. The van der Waals surface area contributed by atoms with Crippen molar-refractivity contribution < 1.29 is 23.7 Å². The van der Waals surface area contributed by atoms with E-state index in [4.69, 9.17) is 4.74 Å². The number of aromatic hydroxyl groups is 1. The maximum atomic E-state index is 13.5. The fourth-order valence-electron chi connectivity index (χ4n) is 4.41. The summed E-state index contributed by atoms with van der Waals surface area (Å²) in [6.45, 7) is 2.01. The first kappa shape index (κ1) is 18.2. The van der Waals surface area contributed by atoms with Crippen molar-refractivity contribution in [2.24, 2.45) is 11.8 Å². The van der Waals surface area contributed by atoms with Crippen molar-refractivity contribution >= 4 is 0 Å². The molecule has 2 aromatic carbocycles. The van der Waals surface area contributed by atoms with Crippen LogP contribution in [0.5, 0.6) is 11.5 Å². The van der Waals surface area contributed by atoms with Gasteiger partial charge in [0.2, 0.25) is 0 Å². The lowest BCUT2D eigenvalue weighted by molar-refractivity contribution is 0.115. The number of hydrogen-bond donors (Lipinski definition) is 2. The van der Waals surface area contributed by atoms with Gasteiger partial charge in [0.25, 0.3) is 0 Å². The summed E-state index contributed by atoms with van der Waals surface area (Å²) in [4.78, 5) is 2.14. The Hall–Kier alpha value is -2.18. The predicted octanol–water partition coefficient (Wildman–Crippen LogP) is 3.49. The zero-order chi connectivity index (χ0) is 19.0. The zero-order valence-electron chi connectivity index (χ0n) is 14.9. The number of aliphatic hydroxyl groups is 1.